The number of hydrogen-bond acceptors (Lipinski definition) is 2. The quantitative estimate of drug-likeness (QED) is 0.152. The molecule has 0 aliphatic carbocycles. The largest absolute Gasteiger partial charge is 0.309 e. The van der Waals surface area contributed by atoms with Crippen molar-refractivity contribution < 1.29 is 0 Å². The smallest absolute Gasteiger partial charge is 0.160 e. The van der Waals surface area contributed by atoms with Gasteiger partial charge in [0.05, 0.1) is 44.8 Å². The lowest BCUT2D eigenvalue weighted by Gasteiger charge is -2.20. The monoisotopic (exact) mass is 922 g/mol. The Morgan fingerprint density at radius 3 is 1.31 bits per heavy atom. The Hall–Kier alpha value is -9.12. The average Bonchev–Trinajstić information content (AvgIpc) is 3.93. The lowest BCUT2D eigenvalue weighted by molar-refractivity contribution is 1.15. The summed E-state index contributed by atoms with van der Waals surface area (Å²) in [6, 6.07) is 83.9. The molecule has 4 nitrogen and oxygen atoms in total. The van der Waals surface area contributed by atoms with Crippen molar-refractivity contribution in [2.45, 2.75) is 27.7 Å². The predicted octanol–water partition coefficient (Wildman–Crippen LogP) is 17.9. The van der Waals surface area contributed by atoms with E-state index in [2.05, 4.69) is 243 Å². The number of rotatable bonds is 8. The van der Waals surface area contributed by atoms with Crippen LogP contribution in [0.15, 0.2) is 231 Å². The Labute approximate surface area is 419 Å². The highest BCUT2D eigenvalue weighted by Gasteiger charge is 2.23. The minimum Gasteiger partial charge on any atom is -0.309 e. The Morgan fingerprint density at radius 2 is 0.722 bits per heavy atom. The van der Waals surface area contributed by atoms with Gasteiger partial charge < -0.3 is 9.13 Å². The molecule has 0 atom stereocenters. The Morgan fingerprint density at radius 1 is 0.278 bits per heavy atom. The van der Waals surface area contributed by atoms with Crippen molar-refractivity contribution in [1.29, 1.82) is 0 Å². The van der Waals surface area contributed by atoms with E-state index in [4.69, 9.17) is 9.97 Å². The number of para-hydroxylation sites is 3. The molecule has 10 aromatic carbocycles. The summed E-state index contributed by atoms with van der Waals surface area (Å²) >= 11 is 0. The molecule has 4 heteroatoms. The summed E-state index contributed by atoms with van der Waals surface area (Å²) in [6.07, 6.45) is 0. The molecule has 72 heavy (non-hydrogen) atoms. The highest BCUT2D eigenvalue weighted by molar-refractivity contribution is 6.13. The highest BCUT2D eigenvalue weighted by atomic mass is 15.0. The molecule has 13 aromatic rings. The topological polar surface area (TPSA) is 35.6 Å². The number of fused-ring (bicyclic) bond motifs is 6. The van der Waals surface area contributed by atoms with E-state index in [1.165, 1.54) is 66.1 Å². The number of benzene rings is 10. The first-order valence-electron chi connectivity index (χ1n) is 24.8. The molecule has 0 spiro atoms. The van der Waals surface area contributed by atoms with Crippen LogP contribution in [0, 0.1) is 27.7 Å². The van der Waals surface area contributed by atoms with E-state index < -0.39 is 0 Å². The van der Waals surface area contributed by atoms with Crippen molar-refractivity contribution in [2.24, 2.45) is 0 Å². The fraction of sp³-hybridized carbons (Fsp3) is 0.0588. The third kappa shape index (κ3) is 7.30. The molecule has 0 aliphatic rings. The fourth-order valence-corrected chi connectivity index (χ4v) is 11.1. The minimum atomic E-state index is 0.686. The molecule has 3 heterocycles. The van der Waals surface area contributed by atoms with Crippen molar-refractivity contribution in [3.63, 3.8) is 0 Å². The first kappa shape index (κ1) is 42.9. The Bertz CT molecular complexity index is 4190. The summed E-state index contributed by atoms with van der Waals surface area (Å²) in [5.74, 6) is 0.686. The third-order valence-corrected chi connectivity index (χ3v) is 14.5. The maximum atomic E-state index is 5.35. The molecule has 0 saturated carbocycles. The van der Waals surface area contributed by atoms with Crippen molar-refractivity contribution in [3.8, 4) is 78.7 Å². The lowest BCUT2D eigenvalue weighted by atomic mass is 9.96. The molecule has 342 valence electrons. The van der Waals surface area contributed by atoms with Gasteiger partial charge in [0.1, 0.15) is 0 Å². The van der Waals surface area contributed by atoms with Crippen LogP contribution in [0.3, 0.4) is 0 Å². The molecule has 0 aliphatic heterocycles. The zero-order valence-corrected chi connectivity index (χ0v) is 40.7. The summed E-state index contributed by atoms with van der Waals surface area (Å²) in [5.41, 5.74) is 23.7. The second-order valence-electron chi connectivity index (χ2n) is 19.2. The average molecular weight is 923 g/mol. The van der Waals surface area contributed by atoms with Crippen molar-refractivity contribution in [1.82, 2.24) is 19.1 Å². The number of aromatic nitrogens is 4. The molecular weight excluding hydrogens is 873 g/mol. The van der Waals surface area contributed by atoms with E-state index in [9.17, 15) is 0 Å². The van der Waals surface area contributed by atoms with Gasteiger partial charge in [0.2, 0.25) is 0 Å². The predicted molar refractivity (Wildman–Crippen MR) is 302 cm³/mol. The number of aryl methyl sites for hydroxylation is 4. The maximum absolute atomic E-state index is 5.35. The lowest BCUT2D eigenvalue weighted by Crippen LogP contribution is -2.02. The van der Waals surface area contributed by atoms with Gasteiger partial charge in [-0.1, -0.05) is 187 Å². The molecule has 0 N–H and O–H groups in total. The van der Waals surface area contributed by atoms with Crippen LogP contribution in [0.5, 0.6) is 0 Å². The molecule has 0 bridgehead atoms. The van der Waals surface area contributed by atoms with Crippen LogP contribution >= 0.6 is 0 Å². The van der Waals surface area contributed by atoms with Gasteiger partial charge in [0.15, 0.2) is 5.82 Å². The van der Waals surface area contributed by atoms with Crippen molar-refractivity contribution in [3.05, 3.63) is 253 Å². The van der Waals surface area contributed by atoms with Gasteiger partial charge in [-0.2, -0.15) is 0 Å². The van der Waals surface area contributed by atoms with Crippen LogP contribution in [-0.2, 0) is 0 Å². The van der Waals surface area contributed by atoms with Gasteiger partial charge in [0.25, 0.3) is 0 Å². The summed E-state index contributed by atoms with van der Waals surface area (Å²) in [5, 5.41) is 4.85. The second kappa shape index (κ2) is 17.4. The standard InChI is InChI=1S/C68H50N4/c1-43-27-32-52(45(3)37-43)49-30-35-65-58(39-49)55-22-12-15-25-63(55)71(65)62-24-14-11-21-54(62)57-34-29-51(61-42-60(47-17-7-5-8-18-47)69-68(70-61)48-19-9-6-10-20-48)41-67(57)72-64-26-16-13-23-56(64)59-40-50(31-36-66(59)72)53-33-28-44(2)38-46(53)4/h5-42H,1-4H3. The fourth-order valence-electron chi connectivity index (χ4n) is 11.1. The molecular formula is C68H50N4. The van der Waals surface area contributed by atoms with E-state index in [1.54, 1.807) is 0 Å². The first-order valence-corrected chi connectivity index (χ1v) is 24.8. The van der Waals surface area contributed by atoms with Gasteiger partial charge >= 0.3 is 0 Å². The van der Waals surface area contributed by atoms with E-state index in [1.807, 2.05) is 24.3 Å². The van der Waals surface area contributed by atoms with Crippen LogP contribution < -0.4 is 0 Å². The third-order valence-electron chi connectivity index (χ3n) is 14.5. The maximum Gasteiger partial charge on any atom is 0.160 e. The molecule has 0 unspecified atom stereocenters. The molecule has 13 rings (SSSR count). The van der Waals surface area contributed by atoms with Crippen LogP contribution in [0.1, 0.15) is 22.3 Å². The number of hydrogen-bond donors (Lipinski definition) is 0. The van der Waals surface area contributed by atoms with Crippen molar-refractivity contribution >= 4 is 43.6 Å². The second-order valence-corrected chi connectivity index (χ2v) is 19.2. The van der Waals surface area contributed by atoms with E-state index >= 15 is 0 Å². The molecule has 3 aromatic heterocycles. The number of nitrogens with zero attached hydrogens (tertiary/aromatic N) is 4. The van der Waals surface area contributed by atoms with Gasteiger partial charge in [-0.05, 0) is 116 Å². The Kier molecular flexibility index (Phi) is 10.4. The van der Waals surface area contributed by atoms with E-state index in [0.717, 1.165) is 72.6 Å². The van der Waals surface area contributed by atoms with Crippen LogP contribution in [0.25, 0.3) is 122 Å². The SMILES string of the molecule is Cc1ccc(-c2ccc3c(c2)c2ccccc2n3-c2ccccc2-c2ccc(-c3cc(-c4ccccc4)nc(-c4ccccc4)n3)cc2-n2c3ccccc3c3cc(-c4ccc(C)cc4C)ccc32)c(C)c1. The molecule has 0 fully saturated rings. The Balaban J connectivity index is 1.08. The normalized spacial score (nSPS) is 11.6. The van der Waals surface area contributed by atoms with Crippen LogP contribution in [0.4, 0.5) is 0 Å². The van der Waals surface area contributed by atoms with Gasteiger partial charge in [-0.3, -0.25) is 0 Å². The van der Waals surface area contributed by atoms with Crippen LogP contribution in [-0.4, -0.2) is 19.1 Å². The van der Waals surface area contributed by atoms with Crippen molar-refractivity contribution in [2.75, 3.05) is 0 Å². The minimum absolute atomic E-state index is 0.686. The molecule has 0 radical (unpaired) electrons. The molecule has 0 saturated heterocycles. The molecule has 0 amide bonds. The van der Waals surface area contributed by atoms with Crippen LogP contribution in [0.2, 0.25) is 0 Å². The van der Waals surface area contributed by atoms with Gasteiger partial charge in [0, 0.05) is 49.4 Å². The highest BCUT2D eigenvalue weighted by Crippen LogP contribution is 2.44. The summed E-state index contributed by atoms with van der Waals surface area (Å²) in [7, 11) is 0. The van der Waals surface area contributed by atoms with Gasteiger partial charge in [-0.25, -0.2) is 9.97 Å². The van der Waals surface area contributed by atoms with E-state index in [-0.39, 0.29) is 0 Å². The van der Waals surface area contributed by atoms with Gasteiger partial charge in [-0.15, -0.1) is 0 Å². The zero-order chi connectivity index (χ0) is 48.5. The summed E-state index contributed by atoms with van der Waals surface area (Å²) in [6.45, 7) is 8.75. The summed E-state index contributed by atoms with van der Waals surface area (Å²) in [4.78, 5) is 10.5. The first-order chi connectivity index (χ1) is 35.3. The zero-order valence-electron chi connectivity index (χ0n) is 40.7. The van der Waals surface area contributed by atoms with E-state index in [0.29, 0.717) is 5.82 Å². The summed E-state index contributed by atoms with van der Waals surface area (Å²) < 4.78 is 4.94.